The number of amides is 1. The van der Waals surface area contributed by atoms with Gasteiger partial charge in [0, 0.05) is 10.6 Å². The number of halogens is 2. The zero-order valence-corrected chi connectivity index (χ0v) is 11.4. The van der Waals surface area contributed by atoms with E-state index in [2.05, 4.69) is 5.32 Å². The lowest BCUT2D eigenvalue weighted by Crippen LogP contribution is -2.41. The van der Waals surface area contributed by atoms with E-state index in [1.54, 1.807) is 0 Å². The minimum absolute atomic E-state index is 0.00000567. The number of carbonyl (C=O) groups excluding carboxylic acids is 1. The molecule has 1 amide bonds. The average molecular weight is 288 g/mol. The largest absolute Gasteiger partial charge is 0.480 e. The summed E-state index contributed by atoms with van der Waals surface area (Å²) in [5.41, 5.74) is 0.00000567. The molecule has 1 aromatic carbocycles. The Morgan fingerprint density at radius 3 is 2.47 bits per heavy atom. The van der Waals surface area contributed by atoms with Crippen molar-refractivity contribution in [3.63, 3.8) is 0 Å². The van der Waals surface area contributed by atoms with Crippen LogP contribution in [0, 0.1) is 11.7 Å². The van der Waals surface area contributed by atoms with Gasteiger partial charge in [0.15, 0.2) is 0 Å². The molecule has 0 saturated heterocycles. The molecule has 19 heavy (non-hydrogen) atoms. The number of hydrogen-bond donors (Lipinski definition) is 2. The van der Waals surface area contributed by atoms with Crippen LogP contribution in [-0.2, 0) is 4.79 Å². The molecule has 0 bridgehead atoms. The van der Waals surface area contributed by atoms with E-state index in [1.807, 2.05) is 13.8 Å². The van der Waals surface area contributed by atoms with Gasteiger partial charge in [-0.05, 0) is 30.5 Å². The summed E-state index contributed by atoms with van der Waals surface area (Å²) in [6.45, 7) is 3.70. The molecule has 0 aliphatic heterocycles. The monoisotopic (exact) mass is 287 g/mol. The summed E-state index contributed by atoms with van der Waals surface area (Å²) in [6, 6.07) is 2.36. The zero-order valence-electron chi connectivity index (χ0n) is 10.6. The highest BCUT2D eigenvalue weighted by Gasteiger charge is 2.22. The normalized spacial score (nSPS) is 12.3. The summed E-state index contributed by atoms with van der Waals surface area (Å²) < 4.78 is 13.1. The van der Waals surface area contributed by atoms with Crippen molar-refractivity contribution in [2.45, 2.75) is 26.3 Å². The summed E-state index contributed by atoms with van der Waals surface area (Å²) in [6.07, 6.45) is 0.296. The highest BCUT2D eigenvalue weighted by molar-refractivity contribution is 6.31. The van der Waals surface area contributed by atoms with E-state index in [-0.39, 0.29) is 16.5 Å². The van der Waals surface area contributed by atoms with Gasteiger partial charge in [0.25, 0.3) is 5.91 Å². The van der Waals surface area contributed by atoms with E-state index in [1.165, 1.54) is 6.07 Å². The lowest BCUT2D eigenvalue weighted by Gasteiger charge is -2.16. The second-order valence-corrected chi connectivity index (χ2v) is 5.09. The lowest BCUT2D eigenvalue weighted by atomic mass is 10.0. The highest BCUT2D eigenvalue weighted by Crippen LogP contribution is 2.14. The number of hydrogen-bond acceptors (Lipinski definition) is 2. The fourth-order valence-electron chi connectivity index (χ4n) is 1.62. The van der Waals surface area contributed by atoms with E-state index in [9.17, 15) is 14.0 Å². The Morgan fingerprint density at radius 1 is 1.37 bits per heavy atom. The van der Waals surface area contributed by atoms with E-state index < -0.39 is 23.7 Å². The van der Waals surface area contributed by atoms with Gasteiger partial charge in [-0.25, -0.2) is 9.18 Å². The maximum atomic E-state index is 13.1. The minimum atomic E-state index is -1.12. The summed E-state index contributed by atoms with van der Waals surface area (Å²) in [5.74, 6) is -2.31. The molecular weight excluding hydrogens is 273 g/mol. The third kappa shape index (κ3) is 4.87. The van der Waals surface area contributed by atoms with Gasteiger partial charge < -0.3 is 10.4 Å². The molecule has 104 valence electrons. The zero-order chi connectivity index (χ0) is 14.6. The average Bonchev–Trinajstić information content (AvgIpc) is 2.25. The second kappa shape index (κ2) is 6.52. The second-order valence-electron chi connectivity index (χ2n) is 4.65. The van der Waals surface area contributed by atoms with Crippen LogP contribution in [0.3, 0.4) is 0 Å². The maximum absolute atomic E-state index is 13.1. The molecule has 1 aromatic rings. The standard InChI is InChI=1S/C13H15ClFNO3/c1-7(2)3-11(13(18)19)16-12(17)8-4-9(14)6-10(15)5-8/h4-7,11H,3H2,1-2H3,(H,16,17)(H,18,19)/t11-/m1/s1. The Labute approximate surface area is 115 Å². The van der Waals surface area contributed by atoms with Crippen LogP contribution < -0.4 is 5.32 Å². The fraction of sp³-hybridized carbons (Fsp3) is 0.385. The number of aliphatic carboxylic acids is 1. The van der Waals surface area contributed by atoms with E-state index >= 15 is 0 Å². The first-order chi connectivity index (χ1) is 8.79. The SMILES string of the molecule is CC(C)C[C@@H](NC(=O)c1cc(F)cc(Cl)c1)C(=O)O. The molecule has 0 radical (unpaired) electrons. The number of carbonyl (C=O) groups is 2. The Bertz CT molecular complexity index is 471. The molecule has 1 rings (SSSR count). The molecule has 2 N–H and O–H groups in total. The third-order valence-electron chi connectivity index (χ3n) is 2.44. The maximum Gasteiger partial charge on any atom is 0.326 e. The van der Waals surface area contributed by atoms with E-state index in [4.69, 9.17) is 16.7 Å². The van der Waals surface area contributed by atoms with Gasteiger partial charge in [-0.1, -0.05) is 25.4 Å². The predicted octanol–water partition coefficient (Wildman–Crippen LogP) is 2.71. The van der Waals surface area contributed by atoms with Crippen LogP contribution in [0.4, 0.5) is 4.39 Å². The summed E-state index contributed by atoms with van der Waals surface area (Å²) >= 11 is 5.64. The van der Waals surface area contributed by atoms with Crippen LogP contribution in [0.1, 0.15) is 30.6 Å². The molecule has 0 fully saturated rings. The summed E-state index contributed by atoms with van der Waals surface area (Å²) in [5, 5.41) is 11.5. The number of nitrogens with one attached hydrogen (secondary N) is 1. The Hall–Kier alpha value is -1.62. The topological polar surface area (TPSA) is 66.4 Å². The Morgan fingerprint density at radius 2 is 2.00 bits per heavy atom. The molecule has 0 aliphatic carbocycles. The number of benzene rings is 1. The van der Waals surface area contributed by atoms with Gasteiger partial charge in [-0.2, -0.15) is 0 Å². The Balaban J connectivity index is 2.84. The molecule has 0 heterocycles. The van der Waals surface area contributed by atoms with Crippen LogP contribution in [0.25, 0.3) is 0 Å². The minimum Gasteiger partial charge on any atom is -0.480 e. The van der Waals surface area contributed by atoms with Crippen molar-refractivity contribution in [3.8, 4) is 0 Å². The van der Waals surface area contributed by atoms with Gasteiger partial charge in [0.2, 0.25) is 0 Å². The summed E-state index contributed by atoms with van der Waals surface area (Å²) in [7, 11) is 0. The van der Waals surface area contributed by atoms with Crippen molar-refractivity contribution in [2.24, 2.45) is 5.92 Å². The van der Waals surface area contributed by atoms with Gasteiger partial charge in [-0.15, -0.1) is 0 Å². The molecule has 0 unspecified atom stereocenters. The van der Waals surface area contributed by atoms with Crippen molar-refractivity contribution in [3.05, 3.63) is 34.6 Å². The van der Waals surface area contributed by atoms with Crippen LogP contribution in [0.5, 0.6) is 0 Å². The van der Waals surface area contributed by atoms with Crippen LogP contribution in [0.2, 0.25) is 5.02 Å². The first-order valence-corrected chi connectivity index (χ1v) is 6.17. The molecular formula is C13H15ClFNO3. The molecule has 6 heteroatoms. The van der Waals surface area contributed by atoms with Gasteiger partial charge in [0.1, 0.15) is 11.9 Å². The Kier molecular flexibility index (Phi) is 5.30. The van der Waals surface area contributed by atoms with Gasteiger partial charge in [-0.3, -0.25) is 4.79 Å². The van der Waals surface area contributed by atoms with Crippen LogP contribution in [0.15, 0.2) is 18.2 Å². The third-order valence-corrected chi connectivity index (χ3v) is 2.65. The highest BCUT2D eigenvalue weighted by atomic mass is 35.5. The van der Waals surface area contributed by atoms with E-state index in [0.717, 1.165) is 12.1 Å². The molecule has 0 saturated carbocycles. The molecule has 0 aliphatic rings. The molecule has 4 nitrogen and oxygen atoms in total. The molecule has 1 atom stereocenters. The number of carboxylic acids is 1. The van der Waals surface area contributed by atoms with Crippen molar-refractivity contribution < 1.29 is 19.1 Å². The smallest absolute Gasteiger partial charge is 0.326 e. The quantitative estimate of drug-likeness (QED) is 0.875. The van der Waals surface area contributed by atoms with Gasteiger partial charge in [0.05, 0.1) is 0 Å². The molecule has 0 spiro atoms. The number of rotatable bonds is 5. The fourth-order valence-corrected chi connectivity index (χ4v) is 1.84. The number of carboxylic acid groups (broad SMARTS) is 1. The van der Waals surface area contributed by atoms with Crippen LogP contribution >= 0.6 is 11.6 Å². The molecule has 0 aromatic heterocycles. The van der Waals surface area contributed by atoms with E-state index in [0.29, 0.717) is 6.42 Å². The summed E-state index contributed by atoms with van der Waals surface area (Å²) in [4.78, 5) is 22.9. The lowest BCUT2D eigenvalue weighted by molar-refractivity contribution is -0.139. The van der Waals surface area contributed by atoms with Crippen molar-refractivity contribution in [1.82, 2.24) is 5.32 Å². The van der Waals surface area contributed by atoms with Crippen molar-refractivity contribution in [2.75, 3.05) is 0 Å². The van der Waals surface area contributed by atoms with Crippen LogP contribution in [-0.4, -0.2) is 23.0 Å². The predicted molar refractivity (Wildman–Crippen MR) is 69.8 cm³/mol. The van der Waals surface area contributed by atoms with Crippen molar-refractivity contribution >= 4 is 23.5 Å². The first-order valence-electron chi connectivity index (χ1n) is 5.79. The van der Waals surface area contributed by atoms with Crippen molar-refractivity contribution in [1.29, 1.82) is 0 Å². The van der Waals surface area contributed by atoms with Gasteiger partial charge >= 0.3 is 5.97 Å². The first kappa shape index (κ1) is 15.4.